The van der Waals surface area contributed by atoms with Crippen LogP contribution in [0.1, 0.15) is 17.5 Å². The van der Waals surface area contributed by atoms with Gasteiger partial charge in [0.25, 0.3) is 5.91 Å². The SMILES string of the molecule is O=C1NC2(CCOc3ccccc32)C(=O)N1Cc1ccccc1Br. The molecule has 6 heteroatoms. The lowest BCUT2D eigenvalue weighted by atomic mass is 9.84. The predicted octanol–water partition coefficient (Wildman–Crippen LogP) is 3.18. The predicted molar refractivity (Wildman–Crippen MR) is 91.5 cm³/mol. The van der Waals surface area contributed by atoms with Crippen molar-refractivity contribution in [3.63, 3.8) is 0 Å². The number of carbonyl (C=O) groups excluding carboxylic acids is 2. The van der Waals surface area contributed by atoms with Crippen LogP contribution in [0.5, 0.6) is 5.75 Å². The van der Waals surface area contributed by atoms with Crippen LogP contribution in [0.2, 0.25) is 0 Å². The largest absolute Gasteiger partial charge is 0.493 e. The van der Waals surface area contributed by atoms with E-state index < -0.39 is 5.54 Å². The van der Waals surface area contributed by atoms with Crippen LogP contribution < -0.4 is 10.1 Å². The van der Waals surface area contributed by atoms with Crippen LogP contribution in [0.4, 0.5) is 4.79 Å². The smallest absolute Gasteiger partial charge is 0.325 e. The molecule has 2 heterocycles. The van der Waals surface area contributed by atoms with Crippen LogP contribution in [-0.4, -0.2) is 23.4 Å². The maximum absolute atomic E-state index is 13.1. The minimum atomic E-state index is -1.02. The number of nitrogens with one attached hydrogen (secondary N) is 1. The number of amides is 3. The minimum Gasteiger partial charge on any atom is -0.493 e. The van der Waals surface area contributed by atoms with E-state index in [4.69, 9.17) is 4.74 Å². The lowest BCUT2D eigenvalue weighted by Gasteiger charge is -2.33. The van der Waals surface area contributed by atoms with E-state index in [0.29, 0.717) is 18.8 Å². The molecule has 1 N–H and O–H groups in total. The van der Waals surface area contributed by atoms with Crippen LogP contribution >= 0.6 is 15.9 Å². The van der Waals surface area contributed by atoms with Crippen molar-refractivity contribution in [3.05, 3.63) is 64.1 Å². The lowest BCUT2D eigenvalue weighted by molar-refractivity contribution is -0.133. The monoisotopic (exact) mass is 386 g/mol. The first kappa shape index (κ1) is 15.2. The molecule has 1 atom stereocenters. The first-order valence-electron chi connectivity index (χ1n) is 7.72. The Bertz CT molecular complexity index is 839. The van der Waals surface area contributed by atoms with Gasteiger partial charge < -0.3 is 10.1 Å². The van der Waals surface area contributed by atoms with Crippen molar-refractivity contribution < 1.29 is 14.3 Å². The van der Waals surface area contributed by atoms with Crippen molar-refractivity contribution in [2.75, 3.05) is 6.61 Å². The summed E-state index contributed by atoms with van der Waals surface area (Å²) in [4.78, 5) is 26.9. The van der Waals surface area contributed by atoms with Crippen molar-refractivity contribution >= 4 is 27.9 Å². The summed E-state index contributed by atoms with van der Waals surface area (Å²) in [5, 5.41) is 2.91. The molecule has 1 unspecified atom stereocenters. The number of imide groups is 1. The number of nitrogens with zero attached hydrogens (tertiary/aromatic N) is 1. The molecule has 122 valence electrons. The molecule has 2 aromatic carbocycles. The van der Waals surface area contributed by atoms with E-state index >= 15 is 0 Å². The summed E-state index contributed by atoms with van der Waals surface area (Å²) in [6.45, 7) is 0.628. The van der Waals surface area contributed by atoms with E-state index in [2.05, 4.69) is 21.2 Å². The molecule has 0 bridgehead atoms. The molecule has 1 spiro atoms. The van der Waals surface area contributed by atoms with E-state index in [0.717, 1.165) is 15.6 Å². The second-order valence-electron chi connectivity index (χ2n) is 5.91. The Hall–Kier alpha value is -2.34. The molecule has 1 fully saturated rings. The number of fused-ring (bicyclic) bond motifs is 2. The van der Waals surface area contributed by atoms with E-state index in [1.165, 1.54) is 4.90 Å². The van der Waals surface area contributed by atoms with Crippen molar-refractivity contribution in [2.45, 2.75) is 18.5 Å². The Labute approximate surface area is 147 Å². The van der Waals surface area contributed by atoms with Gasteiger partial charge in [0.2, 0.25) is 0 Å². The van der Waals surface area contributed by atoms with Crippen molar-refractivity contribution in [1.29, 1.82) is 0 Å². The van der Waals surface area contributed by atoms with Crippen LogP contribution in [0.25, 0.3) is 0 Å². The number of hydrogen-bond donors (Lipinski definition) is 1. The molecule has 1 saturated heterocycles. The Kier molecular flexibility index (Phi) is 3.57. The van der Waals surface area contributed by atoms with Gasteiger partial charge in [0.1, 0.15) is 5.75 Å². The molecule has 4 rings (SSSR count). The van der Waals surface area contributed by atoms with Gasteiger partial charge in [0.15, 0.2) is 5.54 Å². The fourth-order valence-corrected chi connectivity index (χ4v) is 3.72. The molecular weight excluding hydrogens is 372 g/mol. The van der Waals surface area contributed by atoms with Crippen LogP contribution in [0.3, 0.4) is 0 Å². The number of hydrogen-bond acceptors (Lipinski definition) is 3. The minimum absolute atomic E-state index is 0.223. The summed E-state index contributed by atoms with van der Waals surface area (Å²) in [6, 6.07) is 14.6. The number of ether oxygens (including phenoxy) is 1. The number of urea groups is 1. The Morgan fingerprint density at radius 3 is 2.71 bits per heavy atom. The highest BCUT2D eigenvalue weighted by atomic mass is 79.9. The number of para-hydroxylation sites is 1. The van der Waals surface area contributed by atoms with E-state index in [1.54, 1.807) is 0 Å². The number of carbonyl (C=O) groups is 2. The number of rotatable bonds is 2. The molecule has 0 aliphatic carbocycles. The fourth-order valence-electron chi connectivity index (χ4n) is 3.31. The van der Waals surface area contributed by atoms with Gasteiger partial charge in [-0.3, -0.25) is 9.69 Å². The van der Waals surface area contributed by atoms with Crippen LogP contribution in [0, 0.1) is 0 Å². The fraction of sp³-hybridized carbons (Fsp3) is 0.222. The van der Waals surface area contributed by atoms with Gasteiger partial charge in [-0.05, 0) is 17.7 Å². The summed E-state index contributed by atoms with van der Waals surface area (Å²) in [7, 11) is 0. The summed E-state index contributed by atoms with van der Waals surface area (Å²) in [6.07, 6.45) is 0.432. The molecule has 24 heavy (non-hydrogen) atoms. The molecule has 0 aromatic heterocycles. The van der Waals surface area contributed by atoms with Crippen molar-refractivity contribution in [3.8, 4) is 5.75 Å². The quantitative estimate of drug-likeness (QED) is 0.806. The summed E-state index contributed by atoms with van der Waals surface area (Å²) < 4.78 is 6.51. The maximum atomic E-state index is 13.1. The summed E-state index contributed by atoms with van der Waals surface area (Å²) in [5.74, 6) is 0.430. The topological polar surface area (TPSA) is 58.6 Å². The third-order valence-electron chi connectivity index (χ3n) is 4.54. The standard InChI is InChI=1S/C18H15BrN2O3/c19-14-7-3-1-5-12(14)11-21-16(22)18(20-17(21)23)9-10-24-15-8-4-2-6-13(15)18/h1-8H,9-11H2,(H,20,23). The third kappa shape index (κ3) is 2.21. The molecule has 2 aromatic rings. The van der Waals surface area contributed by atoms with Gasteiger partial charge in [0.05, 0.1) is 13.2 Å². The molecule has 5 nitrogen and oxygen atoms in total. The van der Waals surface area contributed by atoms with E-state index in [1.807, 2.05) is 48.5 Å². The second-order valence-corrected chi connectivity index (χ2v) is 6.77. The first-order chi connectivity index (χ1) is 11.6. The highest BCUT2D eigenvalue weighted by Crippen LogP contribution is 2.41. The molecule has 2 aliphatic heterocycles. The second kappa shape index (κ2) is 5.63. The zero-order valence-corrected chi connectivity index (χ0v) is 14.4. The maximum Gasteiger partial charge on any atom is 0.325 e. The van der Waals surface area contributed by atoms with Crippen LogP contribution in [-0.2, 0) is 16.9 Å². The zero-order chi connectivity index (χ0) is 16.7. The summed E-state index contributed by atoms with van der Waals surface area (Å²) in [5.41, 5.74) is 0.593. The third-order valence-corrected chi connectivity index (χ3v) is 5.32. The Morgan fingerprint density at radius 1 is 1.12 bits per heavy atom. The van der Waals surface area contributed by atoms with Crippen molar-refractivity contribution in [2.24, 2.45) is 0 Å². The van der Waals surface area contributed by atoms with Gasteiger partial charge in [0, 0.05) is 16.5 Å². The molecular formula is C18H15BrN2O3. The number of halogens is 1. The summed E-state index contributed by atoms with van der Waals surface area (Å²) >= 11 is 3.47. The average Bonchev–Trinajstić information content (AvgIpc) is 2.82. The Balaban J connectivity index is 1.71. The van der Waals surface area contributed by atoms with Gasteiger partial charge in [-0.2, -0.15) is 0 Å². The van der Waals surface area contributed by atoms with Gasteiger partial charge >= 0.3 is 6.03 Å². The van der Waals surface area contributed by atoms with E-state index in [9.17, 15) is 9.59 Å². The van der Waals surface area contributed by atoms with Gasteiger partial charge in [-0.15, -0.1) is 0 Å². The van der Waals surface area contributed by atoms with Gasteiger partial charge in [-0.25, -0.2) is 4.79 Å². The highest BCUT2D eigenvalue weighted by Gasteiger charge is 2.54. The van der Waals surface area contributed by atoms with Gasteiger partial charge in [-0.1, -0.05) is 52.3 Å². The zero-order valence-electron chi connectivity index (χ0n) is 12.8. The average molecular weight is 387 g/mol. The lowest BCUT2D eigenvalue weighted by Crippen LogP contribution is -2.47. The molecule has 3 amide bonds. The Morgan fingerprint density at radius 2 is 1.88 bits per heavy atom. The van der Waals surface area contributed by atoms with E-state index in [-0.39, 0.29) is 18.5 Å². The normalized spacial score (nSPS) is 22.3. The first-order valence-corrected chi connectivity index (χ1v) is 8.51. The molecule has 2 aliphatic rings. The molecule has 0 radical (unpaired) electrons. The number of benzene rings is 2. The highest BCUT2D eigenvalue weighted by molar-refractivity contribution is 9.10. The van der Waals surface area contributed by atoms with Crippen molar-refractivity contribution in [1.82, 2.24) is 10.2 Å². The van der Waals surface area contributed by atoms with Crippen LogP contribution in [0.15, 0.2) is 53.0 Å². The molecule has 0 saturated carbocycles.